The molecule has 0 aliphatic heterocycles. The molecular weight excluding hydrogens is 208 g/mol. The Hall–Kier alpha value is -1.20. The Bertz CT molecular complexity index is 419. The third-order valence-electron chi connectivity index (χ3n) is 3.93. The van der Waals surface area contributed by atoms with Crippen molar-refractivity contribution in [1.29, 1.82) is 0 Å². The molecule has 0 unspecified atom stereocenters. The molecule has 86 valence electrons. The summed E-state index contributed by atoms with van der Waals surface area (Å²) in [7, 11) is 5.95. The number of carbonyl (C=O) groups is 1. The van der Waals surface area contributed by atoms with Gasteiger partial charge in [0.05, 0.1) is 0 Å². The predicted octanol–water partition coefficient (Wildman–Crippen LogP) is -0.163. The summed E-state index contributed by atoms with van der Waals surface area (Å²) < 4.78 is 0. The number of hydrogen-bond donors (Lipinski definition) is 1. The molecule has 1 aliphatic rings. The molecule has 1 N–H and O–H groups in total. The highest BCUT2D eigenvalue weighted by Gasteiger charge is 2.48. The van der Waals surface area contributed by atoms with Crippen molar-refractivity contribution in [2.24, 2.45) is 0 Å². The van der Waals surface area contributed by atoms with Crippen LogP contribution < -0.4 is 5.32 Å². The van der Waals surface area contributed by atoms with Gasteiger partial charge < -0.3 is 5.32 Å². The van der Waals surface area contributed by atoms with E-state index in [4.69, 9.17) is 0 Å². The van der Waals surface area contributed by atoms with Crippen molar-refractivity contribution in [3.63, 3.8) is 0 Å². The fourth-order valence-electron chi connectivity index (χ4n) is 2.87. The van der Waals surface area contributed by atoms with Crippen molar-refractivity contribution in [2.75, 3.05) is 7.05 Å². The quantitative estimate of drug-likeness (QED) is 0.708. The summed E-state index contributed by atoms with van der Waals surface area (Å²) in [4.78, 5) is 12.7. The topological polar surface area (TPSA) is 29.1 Å². The number of likely N-dealkylation sites (N-methyl/N-ethyl adjacent to an activating group) is 1. The number of nitrogens with one attached hydrogen (secondary N) is 1. The van der Waals surface area contributed by atoms with Crippen LogP contribution in [-0.4, -0.2) is 28.5 Å². The molecule has 1 fully saturated rings. The molecule has 17 heavy (non-hydrogen) atoms. The lowest BCUT2D eigenvalue weighted by atomic mass is 9.44. The van der Waals surface area contributed by atoms with Crippen LogP contribution in [0, 0.1) is 12.1 Å². The fraction of sp³-hybridized carbons (Fsp3) is 0.462. The van der Waals surface area contributed by atoms with Gasteiger partial charge in [0, 0.05) is 0 Å². The van der Waals surface area contributed by atoms with Crippen LogP contribution in [0.5, 0.6) is 0 Å². The molecule has 0 heterocycles. The zero-order chi connectivity index (χ0) is 12.5. The van der Waals surface area contributed by atoms with Crippen molar-refractivity contribution in [3.05, 3.63) is 35.9 Å². The van der Waals surface area contributed by atoms with E-state index in [9.17, 15) is 4.79 Å². The second kappa shape index (κ2) is 4.23. The summed E-state index contributed by atoms with van der Waals surface area (Å²) >= 11 is 0. The van der Waals surface area contributed by atoms with Crippen molar-refractivity contribution in [3.8, 4) is 0 Å². The number of hydrogen-bond acceptors (Lipinski definition) is 2. The van der Waals surface area contributed by atoms with Gasteiger partial charge in [-0.05, 0) is 42.4 Å². The highest BCUT2D eigenvalue weighted by Crippen LogP contribution is 2.43. The minimum absolute atomic E-state index is 0.249. The first-order valence-electron chi connectivity index (χ1n) is 6.15. The third kappa shape index (κ3) is 1.89. The standard InChI is InChI=1S/C13H17B2NO/c1-16-12(10-6-3-2-4-7-10)8-5-9-13(14,15)11(12)17/h3,6-7,16H,5,8-9,14-15H2,1H3/t12-/m1/s1. The lowest BCUT2D eigenvalue weighted by molar-refractivity contribution is -0.129. The van der Waals surface area contributed by atoms with Crippen LogP contribution >= 0.6 is 0 Å². The second-order valence-corrected chi connectivity index (χ2v) is 5.44. The molecule has 4 heteroatoms. The maximum atomic E-state index is 12.7. The first-order chi connectivity index (χ1) is 8.03. The molecule has 0 bridgehead atoms. The molecule has 1 aromatic carbocycles. The van der Waals surface area contributed by atoms with E-state index in [2.05, 4.69) is 17.4 Å². The first-order valence-corrected chi connectivity index (χ1v) is 6.15. The molecule has 0 saturated heterocycles. The van der Waals surface area contributed by atoms with Gasteiger partial charge >= 0.3 is 0 Å². The summed E-state index contributed by atoms with van der Waals surface area (Å²) in [6.07, 6.45) is 2.90. The van der Waals surface area contributed by atoms with Crippen LogP contribution in [0.25, 0.3) is 0 Å². The van der Waals surface area contributed by atoms with Gasteiger partial charge in [-0.2, -0.15) is 0 Å². The third-order valence-corrected chi connectivity index (χ3v) is 3.93. The number of ketones is 1. The average Bonchev–Trinajstić information content (AvgIpc) is 2.34. The minimum Gasteiger partial charge on any atom is -0.304 e. The summed E-state index contributed by atoms with van der Waals surface area (Å²) in [5.41, 5.74) is 0.476. The highest BCUT2D eigenvalue weighted by molar-refractivity contribution is 6.52. The van der Waals surface area contributed by atoms with Crippen LogP contribution in [-0.2, 0) is 10.3 Å². The highest BCUT2D eigenvalue weighted by atomic mass is 16.1. The Balaban J connectivity index is 2.48. The monoisotopic (exact) mass is 225 g/mol. The molecule has 2 nitrogen and oxygen atoms in total. The van der Waals surface area contributed by atoms with Gasteiger partial charge in [-0.3, -0.25) is 4.79 Å². The van der Waals surface area contributed by atoms with Gasteiger partial charge in [-0.25, -0.2) is 0 Å². The SMILES string of the molecule is BC1(B)CCC[C@@](NC)(c2cc#ccc2)C1=O. The predicted molar refractivity (Wildman–Crippen MR) is 73.5 cm³/mol. The molecule has 0 aromatic heterocycles. The van der Waals surface area contributed by atoms with E-state index in [0.29, 0.717) is 5.78 Å². The Morgan fingerprint density at radius 2 is 2.12 bits per heavy atom. The zero-order valence-electron chi connectivity index (χ0n) is 10.8. The second-order valence-electron chi connectivity index (χ2n) is 5.44. The largest absolute Gasteiger partial charge is 0.304 e. The average molecular weight is 225 g/mol. The minimum atomic E-state index is -0.534. The number of carbonyl (C=O) groups excluding carboxylic acids is 1. The molecule has 0 amide bonds. The zero-order valence-corrected chi connectivity index (χ0v) is 10.8. The van der Waals surface area contributed by atoms with Crippen molar-refractivity contribution >= 4 is 21.5 Å². The number of Topliss-reactive ketones (excluding diaryl/α,β-unsaturated/α-hetero) is 1. The van der Waals surface area contributed by atoms with Gasteiger partial charge in [0.25, 0.3) is 0 Å². The van der Waals surface area contributed by atoms with Crippen molar-refractivity contribution < 1.29 is 4.79 Å². The van der Waals surface area contributed by atoms with Crippen molar-refractivity contribution in [2.45, 2.75) is 30.0 Å². The summed E-state index contributed by atoms with van der Waals surface area (Å²) in [5, 5.41) is 3.01. The fourth-order valence-corrected chi connectivity index (χ4v) is 2.87. The molecule has 1 aromatic rings. The van der Waals surface area contributed by atoms with Gasteiger partial charge in [0.15, 0.2) is 0 Å². The van der Waals surface area contributed by atoms with Crippen LogP contribution in [0.15, 0.2) is 18.2 Å². The van der Waals surface area contributed by atoms with E-state index >= 15 is 0 Å². The lowest BCUT2D eigenvalue weighted by Gasteiger charge is -2.43. The lowest BCUT2D eigenvalue weighted by Crippen LogP contribution is -2.54. The molecular formula is C13H17B2NO. The van der Waals surface area contributed by atoms with Gasteiger partial charge in [-0.15, -0.1) is 0 Å². The van der Waals surface area contributed by atoms with Crippen LogP contribution in [0.3, 0.4) is 0 Å². The Kier molecular flexibility index (Phi) is 3.05. The molecule has 0 radical (unpaired) electrons. The maximum absolute atomic E-state index is 12.7. The smallest absolute Gasteiger partial charge is 0.148 e. The van der Waals surface area contributed by atoms with E-state index in [1.54, 1.807) is 0 Å². The summed E-state index contributed by atoms with van der Waals surface area (Å²) in [6.45, 7) is 0. The van der Waals surface area contributed by atoms with E-state index < -0.39 is 5.54 Å². The molecule has 1 atom stereocenters. The molecule has 0 spiro atoms. The molecule has 1 saturated carbocycles. The van der Waals surface area contributed by atoms with Crippen LogP contribution in [0.4, 0.5) is 0 Å². The Labute approximate surface area is 105 Å². The Morgan fingerprint density at radius 1 is 1.35 bits per heavy atom. The van der Waals surface area contributed by atoms with Crippen LogP contribution in [0.2, 0.25) is 5.21 Å². The van der Waals surface area contributed by atoms with E-state index in [-0.39, 0.29) is 5.21 Å². The number of rotatable bonds is 2. The molecule has 1 aliphatic carbocycles. The normalized spacial score (nSPS) is 27.5. The Morgan fingerprint density at radius 3 is 2.71 bits per heavy atom. The van der Waals surface area contributed by atoms with E-state index in [1.807, 2.05) is 40.9 Å². The van der Waals surface area contributed by atoms with Crippen LogP contribution in [0.1, 0.15) is 24.8 Å². The van der Waals surface area contributed by atoms with Gasteiger partial charge in [0.1, 0.15) is 27.0 Å². The maximum Gasteiger partial charge on any atom is 0.148 e. The summed E-state index contributed by atoms with van der Waals surface area (Å²) in [6, 6.07) is 11.5. The van der Waals surface area contributed by atoms with Gasteiger partial charge in [0.2, 0.25) is 0 Å². The van der Waals surface area contributed by atoms with E-state index in [0.717, 1.165) is 24.8 Å². The molecule has 2 rings (SSSR count). The summed E-state index contributed by atoms with van der Waals surface area (Å²) in [5.74, 6) is 0.290. The van der Waals surface area contributed by atoms with Crippen molar-refractivity contribution in [1.82, 2.24) is 5.32 Å². The van der Waals surface area contributed by atoms with E-state index in [1.165, 1.54) is 0 Å². The van der Waals surface area contributed by atoms with Gasteiger partial charge in [-0.1, -0.05) is 25.0 Å². The first kappa shape index (κ1) is 12.3.